The van der Waals surface area contributed by atoms with Crippen LogP contribution in [-0.2, 0) is 4.79 Å². The third kappa shape index (κ3) is 2.65. The number of fused-ring (bicyclic) bond motifs is 1. The van der Waals surface area contributed by atoms with Crippen molar-refractivity contribution in [2.45, 2.75) is 43.1 Å². The van der Waals surface area contributed by atoms with Gasteiger partial charge in [0.25, 0.3) is 5.22 Å². The minimum atomic E-state index is -0.00223. The first-order valence-electron chi connectivity index (χ1n) is 6.39. The molecule has 3 rings (SSSR count). The van der Waals surface area contributed by atoms with Crippen LogP contribution in [0.5, 0.6) is 0 Å². The van der Waals surface area contributed by atoms with E-state index in [0.717, 1.165) is 35.9 Å². The molecule has 1 aliphatic rings. The fraction of sp³-hybridized carbons (Fsp3) is 0.429. The Morgan fingerprint density at radius 3 is 3.05 bits per heavy atom. The predicted octanol–water partition coefficient (Wildman–Crippen LogP) is 4.39. The second kappa shape index (κ2) is 5.17. The molecule has 1 aromatic carbocycles. The Bertz CT molecular complexity index is 638. The monoisotopic (exact) mass is 295 g/mol. The number of nitrogens with zero attached hydrogens (tertiary/aromatic N) is 1. The molecule has 0 aliphatic heterocycles. The van der Waals surface area contributed by atoms with Gasteiger partial charge in [0, 0.05) is 11.4 Å². The van der Waals surface area contributed by atoms with Crippen LogP contribution in [0, 0.1) is 6.92 Å². The molecule has 0 spiro atoms. The minimum absolute atomic E-state index is 0.00223. The maximum absolute atomic E-state index is 11.8. The molecule has 5 heteroatoms. The van der Waals surface area contributed by atoms with E-state index in [9.17, 15) is 4.79 Å². The molecule has 1 saturated carbocycles. The third-order valence-electron chi connectivity index (χ3n) is 3.36. The molecule has 2 aromatic rings. The van der Waals surface area contributed by atoms with Gasteiger partial charge in [-0.25, -0.2) is 4.98 Å². The first kappa shape index (κ1) is 13.0. The van der Waals surface area contributed by atoms with Crippen molar-refractivity contribution in [3.05, 3.63) is 22.7 Å². The molecular formula is C14H14ClNO2S. The van der Waals surface area contributed by atoms with Gasteiger partial charge >= 0.3 is 0 Å². The molecule has 0 unspecified atom stereocenters. The Balaban J connectivity index is 1.89. The van der Waals surface area contributed by atoms with Crippen LogP contribution in [0.25, 0.3) is 11.1 Å². The molecule has 100 valence electrons. The van der Waals surface area contributed by atoms with Crippen molar-refractivity contribution in [2.24, 2.45) is 0 Å². The number of hydrogen-bond acceptors (Lipinski definition) is 4. The SMILES string of the molecule is Cc1cc(Cl)cc2nc(S[C@@H]3CCCCC3=O)oc12. The fourth-order valence-electron chi connectivity index (χ4n) is 2.38. The number of carbonyl (C=O) groups is 1. The Labute approximate surface area is 120 Å². The average molecular weight is 296 g/mol. The van der Waals surface area contributed by atoms with Gasteiger partial charge in [0.15, 0.2) is 5.58 Å². The zero-order valence-electron chi connectivity index (χ0n) is 10.6. The summed E-state index contributed by atoms with van der Waals surface area (Å²) < 4.78 is 5.75. The van der Waals surface area contributed by atoms with Gasteiger partial charge in [0.2, 0.25) is 0 Å². The lowest BCUT2D eigenvalue weighted by atomic mass is 9.99. The van der Waals surface area contributed by atoms with Crippen LogP contribution in [0.1, 0.15) is 31.2 Å². The summed E-state index contributed by atoms with van der Waals surface area (Å²) in [6.07, 6.45) is 3.72. The van der Waals surface area contributed by atoms with E-state index in [0.29, 0.717) is 22.4 Å². The summed E-state index contributed by atoms with van der Waals surface area (Å²) in [5.74, 6) is 0.313. The standard InChI is InChI=1S/C14H14ClNO2S/c1-8-6-9(15)7-10-13(8)18-14(16-10)19-12-5-3-2-4-11(12)17/h6-7,12H,2-5H2,1H3/t12-/m1/s1. The quantitative estimate of drug-likeness (QED) is 0.824. The highest BCUT2D eigenvalue weighted by Gasteiger charge is 2.25. The predicted molar refractivity (Wildman–Crippen MR) is 76.9 cm³/mol. The molecular weight excluding hydrogens is 282 g/mol. The fourth-order valence-corrected chi connectivity index (χ4v) is 3.71. The van der Waals surface area contributed by atoms with Gasteiger partial charge in [0.05, 0.1) is 5.25 Å². The second-order valence-corrected chi connectivity index (χ2v) is 6.46. The summed E-state index contributed by atoms with van der Waals surface area (Å²) in [6.45, 7) is 1.94. The van der Waals surface area contributed by atoms with Crippen molar-refractivity contribution >= 4 is 40.2 Å². The van der Waals surface area contributed by atoms with E-state index in [-0.39, 0.29) is 5.25 Å². The van der Waals surface area contributed by atoms with E-state index in [2.05, 4.69) is 4.98 Å². The van der Waals surface area contributed by atoms with Crippen molar-refractivity contribution in [2.75, 3.05) is 0 Å². The molecule has 0 saturated heterocycles. The number of hydrogen-bond donors (Lipinski definition) is 0. The number of aromatic nitrogens is 1. The van der Waals surface area contributed by atoms with Crippen molar-refractivity contribution in [1.29, 1.82) is 0 Å². The highest BCUT2D eigenvalue weighted by molar-refractivity contribution is 8.00. The van der Waals surface area contributed by atoms with E-state index in [4.69, 9.17) is 16.0 Å². The van der Waals surface area contributed by atoms with Crippen molar-refractivity contribution in [3.8, 4) is 0 Å². The lowest BCUT2D eigenvalue weighted by Gasteiger charge is -2.17. The summed E-state index contributed by atoms with van der Waals surface area (Å²) in [6, 6.07) is 3.65. The van der Waals surface area contributed by atoms with Crippen LogP contribution in [-0.4, -0.2) is 16.0 Å². The van der Waals surface area contributed by atoms with Gasteiger partial charge in [-0.3, -0.25) is 4.79 Å². The van der Waals surface area contributed by atoms with Crippen LogP contribution in [0.15, 0.2) is 21.8 Å². The zero-order chi connectivity index (χ0) is 13.4. The van der Waals surface area contributed by atoms with Gasteiger partial charge in [-0.05, 0) is 37.5 Å². The number of thioether (sulfide) groups is 1. The summed E-state index contributed by atoms with van der Waals surface area (Å²) >= 11 is 7.45. The van der Waals surface area contributed by atoms with Gasteiger partial charge < -0.3 is 4.42 Å². The highest BCUT2D eigenvalue weighted by Crippen LogP contribution is 2.34. The Morgan fingerprint density at radius 2 is 2.26 bits per heavy atom. The molecule has 1 fully saturated rings. The Kier molecular flexibility index (Phi) is 3.54. The normalized spacial score (nSPS) is 20.1. The number of aryl methyl sites for hydroxylation is 1. The minimum Gasteiger partial charge on any atom is -0.431 e. The van der Waals surface area contributed by atoms with E-state index in [1.165, 1.54) is 11.8 Å². The molecule has 0 bridgehead atoms. The molecule has 0 amide bonds. The molecule has 1 aromatic heterocycles. The number of Topliss-reactive ketones (excluding diaryl/α,β-unsaturated/α-hetero) is 1. The van der Waals surface area contributed by atoms with Gasteiger partial charge in [-0.2, -0.15) is 0 Å². The van der Waals surface area contributed by atoms with Crippen molar-refractivity contribution in [1.82, 2.24) is 4.98 Å². The summed E-state index contributed by atoms with van der Waals surface area (Å²) in [7, 11) is 0. The number of ketones is 1. The molecule has 1 atom stereocenters. The van der Waals surface area contributed by atoms with Gasteiger partial charge in [-0.15, -0.1) is 0 Å². The lowest BCUT2D eigenvalue weighted by Crippen LogP contribution is -2.21. The first-order chi connectivity index (χ1) is 9.13. The maximum Gasteiger partial charge on any atom is 0.257 e. The summed E-state index contributed by atoms with van der Waals surface area (Å²) in [5, 5.41) is 1.22. The summed E-state index contributed by atoms with van der Waals surface area (Å²) in [4.78, 5) is 16.2. The van der Waals surface area contributed by atoms with Gasteiger partial charge in [0.1, 0.15) is 11.3 Å². The van der Waals surface area contributed by atoms with E-state index >= 15 is 0 Å². The van der Waals surface area contributed by atoms with Crippen molar-refractivity contribution in [3.63, 3.8) is 0 Å². The number of oxazole rings is 1. The highest BCUT2D eigenvalue weighted by atomic mass is 35.5. The maximum atomic E-state index is 11.8. The smallest absolute Gasteiger partial charge is 0.257 e. The molecule has 1 heterocycles. The van der Waals surface area contributed by atoms with Gasteiger partial charge in [-0.1, -0.05) is 29.8 Å². The van der Waals surface area contributed by atoms with Crippen molar-refractivity contribution < 1.29 is 9.21 Å². The largest absolute Gasteiger partial charge is 0.431 e. The van der Waals surface area contributed by atoms with E-state index in [1.54, 1.807) is 6.07 Å². The molecule has 0 radical (unpaired) electrons. The van der Waals surface area contributed by atoms with E-state index in [1.807, 2.05) is 13.0 Å². The molecule has 19 heavy (non-hydrogen) atoms. The number of carbonyl (C=O) groups excluding carboxylic acids is 1. The average Bonchev–Trinajstić information content (AvgIpc) is 2.75. The lowest BCUT2D eigenvalue weighted by molar-refractivity contribution is -0.119. The van der Waals surface area contributed by atoms with Crippen LogP contribution >= 0.6 is 23.4 Å². The van der Waals surface area contributed by atoms with Crippen LogP contribution in [0.4, 0.5) is 0 Å². The third-order valence-corrected chi connectivity index (χ3v) is 4.74. The first-order valence-corrected chi connectivity index (χ1v) is 7.65. The number of halogens is 1. The second-order valence-electron chi connectivity index (χ2n) is 4.87. The van der Waals surface area contributed by atoms with Crippen LogP contribution < -0.4 is 0 Å². The van der Waals surface area contributed by atoms with Crippen LogP contribution in [0.3, 0.4) is 0 Å². The molecule has 1 aliphatic carbocycles. The molecule has 3 nitrogen and oxygen atoms in total. The molecule has 0 N–H and O–H groups in total. The summed E-state index contributed by atoms with van der Waals surface area (Å²) in [5.41, 5.74) is 2.49. The van der Waals surface area contributed by atoms with Crippen LogP contribution in [0.2, 0.25) is 5.02 Å². The number of benzene rings is 1. The topological polar surface area (TPSA) is 43.1 Å². The number of rotatable bonds is 2. The Hall–Kier alpha value is -1.00. The zero-order valence-corrected chi connectivity index (χ0v) is 12.2. The Morgan fingerprint density at radius 1 is 1.42 bits per heavy atom. The van der Waals surface area contributed by atoms with E-state index < -0.39 is 0 Å².